The summed E-state index contributed by atoms with van der Waals surface area (Å²) in [5, 5.41) is 2.76. The molecule has 0 spiro atoms. The van der Waals surface area contributed by atoms with E-state index in [0.717, 1.165) is 5.56 Å². The molecule has 0 aliphatic rings. The van der Waals surface area contributed by atoms with E-state index in [0.29, 0.717) is 19.4 Å². The summed E-state index contributed by atoms with van der Waals surface area (Å²) in [6, 6.07) is 12.1. The van der Waals surface area contributed by atoms with Crippen LogP contribution in [-0.4, -0.2) is 18.6 Å². The van der Waals surface area contributed by atoms with Gasteiger partial charge in [-0.2, -0.15) is 0 Å². The van der Waals surface area contributed by atoms with Crippen LogP contribution in [0.1, 0.15) is 18.9 Å². The van der Waals surface area contributed by atoms with Gasteiger partial charge in [0.1, 0.15) is 5.82 Å². The van der Waals surface area contributed by atoms with Gasteiger partial charge in [0.25, 0.3) is 5.91 Å². The van der Waals surface area contributed by atoms with Gasteiger partial charge in [0.2, 0.25) is 0 Å². The number of benzene rings is 2. The minimum absolute atomic E-state index is 0.0630. The van der Waals surface area contributed by atoms with Crippen molar-refractivity contribution >= 4 is 5.91 Å². The largest absolute Gasteiger partial charge is 0.478 e. The second kappa shape index (κ2) is 8.27. The predicted molar refractivity (Wildman–Crippen MR) is 84.2 cm³/mol. The van der Waals surface area contributed by atoms with Gasteiger partial charge in [-0.3, -0.25) is 4.79 Å². The highest BCUT2D eigenvalue weighted by atomic mass is 19.1. The summed E-state index contributed by atoms with van der Waals surface area (Å²) in [6.07, 6.45) is 0.263. The van der Waals surface area contributed by atoms with Crippen LogP contribution in [0.25, 0.3) is 0 Å². The summed E-state index contributed by atoms with van der Waals surface area (Å²) in [5.74, 6) is -1.02. The van der Waals surface area contributed by atoms with Gasteiger partial charge >= 0.3 is 0 Å². The van der Waals surface area contributed by atoms with Crippen LogP contribution in [0, 0.1) is 11.6 Å². The van der Waals surface area contributed by atoms with Crippen LogP contribution >= 0.6 is 0 Å². The standard InChI is InChI=1S/C18H19F2NO2/c1-2-16(23-17-6-4-3-5-15(17)20)18(22)21-12-11-13-7-9-14(19)10-8-13/h3-10,16H,2,11-12H2,1H3,(H,21,22)/t16-/m1/s1. The van der Waals surface area contributed by atoms with Crippen molar-refractivity contribution in [2.45, 2.75) is 25.9 Å². The number of hydrogen-bond acceptors (Lipinski definition) is 2. The van der Waals surface area contributed by atoms with Crippen molar-refractivity contribution in [1.29, 1.82) is 0 Å². The molecule has 0 saturated heterocycles. The van der Waals surface area contributed by atoms with Gasteiger partial charge in [0.15, 0.2) is 17.7 Å². The zero-order valence-corrected chi connectivity index (χ0v) is 12.9. The van der Waals surface area contributed by atoms with Crippen molar-refractivity contribution in [1.82, 2.24) is 5.32 Å². The predicted octanol–water partition coefficient (Wildman–Crippen LogP) is 3.48. The Morgan fingerprint density at radius 2 is 1.83 bits per heavy atom. The number of carbonyl (C=O) groups excluding carboxylic acids is 1. The third-order valence-electron chi connectivity index (χ3n) is 3.40. The van der Waals surface area contributed by atoms with Crippen molar-refractivity contribution < 1.29 is 18.3 Å². The fraction of sp³-hybridized carbons (Fsp3) is 0.278. The quantitative estimate of drug-likeness (QED) is 0.848. The number of carbonyl (C=O) groups is 1. The summed E-state index contributed by atoms with van der Waals surface area (Å²) in [7, 11) is 0. The molecule has 0 bridgehead atoms. The van der Waals surface area contributed by atoms with Crippen molar-refractivity contribution in [3.63, 3.8) is 0 Å². The van der Waals surface area contributed by atoms with E-state index in [1.54, 1.807) is 31.2 Å². The molecule has 0 aromatic heterocycles. The lowest BCUT2D eigenvalue weighted by Crippen LogP contribution is -2.39. The number of hydrogen-bond donors (Lipinski definition) is 1. The third-order valence-corrected chi connectivity index (χ3v) is 3.40. The lowest BCUT2D eigenvalue weighted by Gasteiger charge is -2.17. The lowest BCUT2D eigenvalue weighted by atomic mass is 10.1. The van der Waals surface area contributed by atoms with Gasteiger partial charge in [0.05, 0.1) is 0 Å². The highest BCUT2D eigenvalue weighted by molar-refractivity contribution is 5.81. The van der Waals surface area contributed by atoms with Gasteiger partial charge in [-0.05, 0) is 42.7 Å². The summed E-state index contributed by atoms with van der Waals surface area (Å²) in [4.78, 5) is 12.1. The number of ether oxygens (including phenoxy) is 1. The first-order valence-electron chi connectivity index (χ1n) is 7.53. The average molecular weight is 319 g/mol. The molecule has 0 aliphatic carbocycles. The van der Waals surface area contributed by atoms with E-state index in [-0.39, 0.29) is 17.5 Å². The Kier molecular flexibility index (Phi) is 6.09. The Bertz CT molecular complexity index is 644. The zero-order chi connectivity index (χ0) is 16.7. The SMILES string of the molecule is CC[C@@H](Oc1ccccc1F)C(=O)NCCc1ccc(F)cc1. The molecule has 2 aromatic rings. The molecule has 0 aliphatic heterocycles. The number of halogens is 2. The maximum Gasteiger partial charge on any atom is 0.261 e. The van der Waals surface area contributed by atoms with Crippen LogP contribution in [0.15, 0.2) is 48.5 Å². The van der Waals surface area contributed by atoms with E-state index < -0.39 is 11.9 Å². The topological polar surface area (TPSA) is 38.3 Å². The van der Waals surface area contributed by atoms with Crippen LogP contribution in [0.4, 0.5) is 8.78 Å². The van der Waals surface area contributed by atoms with E-state index in [4.69, 9.17) is 4.74 Å². The molecule has 0 radical (unpaired) electrons. The van der Waals surface area contributed by atoms with Gasteiger partial charge < -0.3 is 10.1 Å². The molecule has 2 aromatic carbocycles. The Hall–Kier alpha value is -2.43. The molecular formula is C18H19F2NO2. The first-order chi connectivity index (χ1) is 11.1. The second-order valence-electron chi connectivity index (χ2n) is 5.11. The molecule has 0 fully saturated rings. The minimum Gasteiger partial charge on any atom is -0.478 e. The summed E-state index contributed by atoms with van der Waals surface area (Å²) in [6.45, 7) is 2.20. The molecule has 1 amide bonds. The number of amides is 1. The fourth-order valence-electron chi connectivity index (χ4n) is 2.11. The normalized spacial score (nSPS) is 11.8. The Labute approximate surface area is 134 Å². The molecule has 1 N–H and O–H groups in total. The molecule has 0 heterocycles. The first-order valence-corrected chi connectivity index (χ1v) is 7.53. The average Bonchev–Trinajstić information content (AvgIpc) is 2.56. The van der Waals surface area contributed by atoms with E-state index >= 15 is 0 Å². The fourth-order valence-corrected chi connectivity index (χ4v) is 2.11. The molecule has 122 valence electrons. The highest BCUT2D eigenvalue weighted by Crippen LogP contribution is 2.18. The maximum absolute atomic E-state index is 13.6. The van der Waals surface area contributed by atoms with Crippen LogP contribution in [0.3, 0.4) is 0 Å². The van der Waals surface area contributed by atoms with E-state index in [9.17, 15) is 13.6 Å². The van der Waals surface area contributed by atoms with Crippen LogP contribution in [0.5, 0.6) is 5.75 Å². The maximum atomic E-state index is 13.6. The van der Waals surface area contributed by atoms with Gasteiger partial charge in [-0.25, -0.2) is 8.78 Å². The number of para-hydroxylation sites is 1. The van der Waals surface area contributed by atoms with Crippen molar-refractivity contribution in [2.24, 2.45) is 0 Å². The van der Waals surface area contributed by atoms with Crippen LogP contribution in [0.2, 0.25) is 0 Å². The van der Waals surface area contributed by atoms with E-state index in [1.165, 1.54) is 24.3 Å². The van der Waals surface area contributed by atoms with Gasteiger partial charge in [0, 0.05) is 6.54 Å². The summed E-state index contributed by atoms with van der Waals surface area (Å²) >= 11 is 0. The Morgan fingerprint density at radius 3 is 2.48 bits per heavy atom. The van der Waals surface area contributed by atoms with Crippen molar-refractivity contribution in [2.75, 3.05) is 6.54 Å². The van der Waals surface area contributed by atoms with E-state index in [2.05, 4.69) is 5.32 Å². The summed E-state index contributed by atoms with van der Waals surface area (Å²) in [5.41, 5.74) is 0.926. The molecule has 23 heavy (non-hydrogen) atoms. The molecule has 5 heteroatoms. The van der Waals surface area contributed by atoms with Gasteiger partial charge in [-0.15, -0.1) is 0 Å². The lowest BCUT2D eigenvalue weighted by molar-refractivity contribution is -0.128. The molecule has 3 nitrogen and oxygen atoms in total. The smallest absolute Gasteiger partial charge is 0.261 e. The highest BCUT2D eigenvalue weighted by Gasteiger charge is 2.19. The Morgan fingerprint density at radius 1 is 1.13 bits per heavy atom. The van der Waals surface area contributed by atoms with Crippen molar-refractivity contribution in [3.8, 4) is 5.75 Å². The zero-order valence-electron chi connectivity index (χ0n) is 12.9. The monoisotopic (exact) mass is 319 g/mol. The second-order valence-corrected chi connectivity index (χ2v) is 5.11. The molecule has 2 rings (SSSR count). The minimum atomic E-state index is -0.750. The van der Waals surface area contributed by atoms with E-state index in [1.807, 2.05) is 0 Å². The number of rotatable bonds is 7. The Balaban J connectivity index is 1.85. The third kappa shape index (κ3) is 5.06. The van der Waals surface area contributed by atoms with Crippen molar-refractivity contribution in [3.05, 3.63) is 65.7 Å². The molecule has 0 unspecified atom stereocenters. The van der Waals surface area contributed by atoms with Gasteiger partial charge in [-0.1, -0.05) is 31.2 Å². The molecule has 1 atom stereocenters. The molecule has 0 saturated carbocycles. The number of nitrogens with one attached hydrogen (secondary N) is 1. The van der Waals surface area contributed by atoms with Crippen LogP contribution in [-0.2, 0) is 11.2 Å². The van der Waals surface area contributed by atoms with Crippen LogP contribution < -0.4 is 10.1 Å². The molecular weight excluding hydrogens is 300 g/mol. The first kappa shape index (κ1) is 16.9. The summed E-state index contributed by atoms with van der Waals surface area (Å²) < 4.78 is 31.8.